The van der Waals surface area contributed by atoms with Crippen LogP contribution in [0.4, 0.5) is 0 Å². The lowest BCUT2D eigenvalue weighted by molar-refractivity contribution is 0.296. The fraction of sp³-hybridized carbons (Fsp3) is 0.125. The van der Waals surface area contributed by atoms with Crippen molar-refractivity contribution in [3.63, 3.8) is 0 Å². The molecule has 5 nitrogen and oxygen atoms in total. The summed E-state index contributed by atoms with van der Waals surface area (Å²) in [5.74, 6) is 0. The van der Waals surface area contributed by atoms with Gasteiger partial charge in [0.2, 0.25) is 0 Å². The van der Waals surface area contributed by atoms with Crippen LogP contribution in [-0.4, -0.2) is 24.6 Å². The monoisotopic (exact) mass is 217 g/mol. The van der Waals surface area contributed by atoms with Crippen molar-refractivity contribution in [2.24, 2.45) is 0 Å². The minimum atomic E-state index is -4.26. The van der Waals surface area contributed by atoms with Crippen molar-refractivity contribution in [3.05, 3.63) is 43.2 Å². The van der Waals surface area contributed by atoms with Crippen molar-refractivity contribution in [1.82, 2.24) is 4.98 Å². The molecular weight excluding hydrogens is 206 g/mol. The highest BCUT2D eigenvalue weighted by Crippen LogP contribution is 1.83. The van der Waals surface area contributed by atoms with Gasteiger partial charge in [-0.1, -0.05) is 12.1 Å². The Hall–Kier alpha value is -1.24. The van der Waals surface area contributed by atoms with E-state index >= 15 is 0 Å². The van der Waals surface area contributed by atoms with Crippen LogP contribution in [-0.2, 0) is 14.6 Å². The smallest absolute Gasteiger partial charge is 0.265 e. The van der Waals surface area contributed by atoms with E-state index < -0.39 is 10.4 Å². The Bertz CT molecular complexity index is 309. The molecule has 0 spiro atoms. The van der Waals surface area contributed by atoms with Gasteiger partial charge in [0.1, 0.15) is 0 Å². The summed E-state index contributed by atoms with van der Waals surface area (Å²) in [6.45, 7) is 2.97. The second-order valence-electron chi connectivity index (χ2n) is 2.03. The zero-order valence-electron chi connectivity index (χ0n) is 7.41. The highest BCUT2D eigenvalue weighted by atomic mass is 32.3. The van der Waals surface area contributed by atoms with E-state index in [1.165, 1.54) is 6.08 Å². The molecule has 0 fully saturated rings. The Morgan fingerprint density at radius 3 is 2.07 bits per heavy atom. The molecule has 78 valence electrons. The molecule has 0 unspecified atom stereocenters. The van der Waals surface area contributed by atoms with Crippen molar-refractivity contribution >= 4 is 10.4 Å². The van der Waals surface area contributed by atoms with Crippen LogP contribution in [0.15, 0.2) is 43.2 Å². The molecule has 14 heavy (non-hydrogen) atoms. The predicted molar refractivity (Wildman–Crippen MR) is 51.9 cm³/mol. The fourth-order valence-electron chi connectivity index (χ4n) is 0.447. The van der Waals surface area contributed by atoms with E-state index in [4.69, 9.17) is 4.55 Å². The Morgan fingerprint density at radius 2 is 1.93 bits per heavy atom. The Labute approximate surface area is 83.0 Å². The molecule has 1 rings (SSSR count). The summed E-state index contributed by atoms with van der Waals surface area (Å²) in [6, 6.07) is 5.72. The van der Waals surface area contributed by atoms with Crippen LogP contribution in [0.2, 0.25) is 0 Å². The molecule has 0 radical (unpaired) electrons. The molecule has 0 amide bonds. The minimum absolute atomic E-state index is 0.196. The van der Waals surface area contributed by atoms with Crippen LogP contribution < -0.4 is 0 Å². The normalized spacial score (nSPS) is 9.79. The molecule has 1 aromatic heterocycles. The van der Waals surface area contributed by atoms with E-state index in [0.717, 1.165) is 0 Å². The molecule has 1 N–H and O–H groups in total. The van der Waals surface area contributed by atoms with Crippen LogP contribution in [0.1, 0.15) is 0 Å². The first-order valence-electron chi connectivity index (χ1n) is 3.64. The van der Waals surface area contributed by atoms with Gasteiger partial charge >= 0.3 is 10.4 Å². The number of hydrogen-bond donors (Lipinski definition) is 1. The zero-order chi connectivity index (χ0) is 10.9. The quantitative estimate of drug-likeness (QED) is 0.605. The Balaban J connectivity index is 0.000000249. The molecule has 0 aliphatic rings. The van der Waals surface area contributed by atoms with Gasteiger partial charge in [0, 0.05) is 12.4 Å². The average molecular weight is 217 g/mol. The molecule has 0 aromatic carbocycles. The lowest BCUT2D eigenvalue weighted by Crippen LogP contribution is -2.02. The summed E-state index contributed by atoms with van der Waals surface area (Å²) < 4.78 is 31.0. The molecular formula is C8H11NO4S. The maximum atomic E-state index is 9.68. The molecule has 0 atom stereocenters. The van der Waals surface area contributed by atoms with Crippen LogP contribution >= 0.6 is 0 Å². The van der Waals surface area contributed by atoms with E-state index in [-0.39, 0.29) is 6.61 Å². The minimum Gasteiger partial charge on any atom is -0.265 e. The van der Waals surface area contributed by atoms with E-state index in [1.54, 1.807) is 12.4 Å². The molecule has 0 bridgehead atoms. The van der Waals surface area contributed by atoms with Gasteiger partial charge < -0.3 is 0 Å². The molecule has 1 aromatic rings. The van der Waals surface area contributed by atoms with Crippen LogP contribution in [0.25, 0.3) is 0 Å². The summed E-state index contributed by atoms with van der Waals surface area (Å²) in [5, 5.41) is 0. The molecule has 0 saturated carbocycles. The average Bonchev–Trinajstić information content (AvgIpc) is 2.17. The van der Waals surface area contributed by atoms with Gasteiger partial charge in [-0.2, -0.15) is 8.42 Å². The largest absolute Gasteiger partial charge is 0.397 e. The van der Waals surface area contributed by atoms with Gasteiger partial charge in [0.25, 0.3) is 0 Å². The fourth-order valence-corrected chi connectivity index (χ4v) is 0.715. The van der Waals surface area contributed by atoms with Gasteiger partial charge in [-0.25, -0.2) is 4.18 Å². The third-order valence-corrected chi connectivity index (χ3v) is 1.34. The van der Waals surface area contributed by atoms with Crippen molar-refractivity contribution in [3.8, 4) is 0 Å². The maximum absolute atomic E-state index is 9.68. The standard InChI is InChI=1S/C5H5N.C3H6O4S/c1-2-4-6-5-3-1;1-2-3-7-8(4,5)6/h1-5H;2H,1,3H2,(H,4,5,6). The molecule has 0 saturated heterocycles. The third kappa shape index (κ3) is 10.8. The summed E-state index contributed by atoms with van der Waals surface area (Å²) in [5.41, 5.74) is 0. The highest BCUT2D eigenvalue weighted by molar-refractivity contribution is 7.80. The summed E-state index contributed by atoms with van der Waals surface area (Å²) >= 11 is 0. The first-order chi connectivity index (χ1) is 6.56. The zero-order valence-corrected chi connectivity index (χ0v) is 8.22. The predicted octanol–water partition coefficient (Wildman–Crippen LogP) is 1.07. The third-order valence-electron chi connectivity index (χ3n) is 0.901. The van der Waals surface area contributed by atoms with E-state index in [1.807, 2.05) is 18.2 Å². The van der Waals surface area contributed by atoms with E-state index in [2.05, 4.69) is 15.7 Å². The number of nitrogens with zero attached hydrogens (tertiary/aromatic N) is 1. The number of rotatable bonds is 3. The second-order valence-corrected chi connectivity index (χ2v) is 3.12. The summed E-state index contributed by atoms with van der Waals surface area (Å²) in [6.07, 6.45) is 4.72. The Morgan fingerprint density at radius 1 is 1.36 bits per heavy atom. The lowest BCUT2D eigenvalue weighted by atomic mass is 10.5. The number of aromatic nitrogens is 1. The van der Waals surface area contributed by atoms with Gasteiger partial charge in [0.15, 0.2) is 0 Å². The molecule has 6 heteroatoms. The molecule has 1 heterocycles. The van der Waals surface area contributed by atoms with Crippen molar-refractivity contribution in [1.29, 1.82) is 0 Å². The van der Waals surface area contributed by atoms with Crippen LogP contribution in [0.3, 0.4) is 0 Å². The molecule has 0 aliphatic carbocycles. The van der Waals surface area contributed by atoms with Gasteiger partial charge in [-0.05, 0) is 12.1 Å². The summed E-state index contributed by atoms with van der Waals surface area (Å²) in [4.78, 5) is 3.78. The highest BCUT2D eigenvalue weighted by Gasteiger charge is 1.99. The topological polar surface area (TPSA) is 76.5 Å². The summed E-state index contributed by atoms with van der Waals surface area (Å²) in [7, 11) is -4.26. The van der Waals surface area contributed by atoms with Gasteiger partial charge in [0.05, 0.1) is 6.61 Å². The number of hydrogen-bond acceptors (Lipinski definition) is 4. The first kappa shape index (κ1) is 12.8. The second kappa shape index (κ2) is 7.19. The van der Waals surface area contributed by atoms with Crippen LogP contribution in [0, 0.1) is 0 Å². The maximum Gasteiger partial charge on any atom is 0.397 e. The van der Waals surface area contributed by atoms with Crippen molar-refractivity contribution in [2.75, 3.05) is 6.61 Å². The van der Waals surface area contributed by atoms with E-state index in [0.29, 0.717) is 0 Å². The van der Waals surface area contributed by atoms with Crippen LogP contribution in [0.5, 0.6) is 0 Å². The van der Waals surface area contributed by atoms with Crippen molar-refractivity contribution in [2.45, 2.75) is 0 Å². The Kier molecular flexibility index (Phi) is 6.55. The van der Waals surface area contributed by atoms with Crippen molar-refractivity contribution < 1.29 is 17.2 Å². The lowest BCUT2D eigenvalue weighted by Gasteiger charge is -1.90. The first-order valence-corrected chi connectivity index (χ1v) is 5.00. The molecule has 0 aliphatic heterocycles. The van der Waals surface area contributed by atoms with E-state index in [9.17, 15) is 8.42 Å². The van der Waals surface area contributed by atoms with Gasteiger partial charge in [-0.15, -0.1) is 6.58 Å². The number of pyridine rings is 1. The van der Waals surface area contributed by atoms with Gasteiger partial charge in [-0.3, -0.25) is 9.54 Å². The SMILES string of the molecule is C=CCOS(=O)(=O)O.c1ccncc1.